The zero-order valence-electron chi connectivity index (χ0n) is 17.4. The number of aliphatic carboxylic acids is 1. The number of nitrogens with one attached hydrogen (secondary N) is 1. The van der Waals surface area contributed by atoms with Gasteiger partial charge in [-0.15, -0.1) is 0 Å². The number of carboxylic acid groups (broad SMARTS) is 1. The maximum absolute atomic E-state index is 11.2. The molecule has 0 aromatic carbocycles. The largest absolute Gasteiger partial charge is 0.481 e. The number of hydrogen-bond acceptors (Lipinski definition) is 7. The highest BCUT2D eigenvalue weighted by Gasteiger charge is 2.16. The lowest BCUT2D eigenvalue weighted by Gasteiger charge is -2.15. The van der Waals surface area contributed by atoms with E-state index in [1.54, 1.807) is 12.4 Å². The van der Waals surface area contributed by atoms with Gasteiger partial charge in [0.1, 0.15) is 11.6 Å². The molecule has 158 valence electrons. The maximum atomic E-state index is 11.2. The van der Waals surface area contributed by atoms with Gasteiger partial charge in [0.05, 0.1) is 6.42 Å². The number of nitrogens with zero attached hydrogens (tertiary/aromatic N) is 4. The zero-order valence-corrected chi connectivity index (χ0v) is 17.4. The molecule has 2 heterocycles. The van der Waals surface area contributed by atoms with E-state index in [0.717, 1.165) is 68.6 Å². The van der Waals surface area contributed by atoms with Crippen LogP contribution in [0.2, 0.25) is 0 Å². The van der Waals surface area contributed by atoms with Gasteiger partial charge in [-0.25, -0.2) is 15.0 Å². The summed E-state index contributed by atoms with van der Waals surface area (Å²) < 4.78 is 0. The molecule has 0 saturated carbocycles. The van der Waals surface area contributed by atoms with Crippen molar-refractivity contribution in [3.05, 3.63) is 35.5 Å². The van der Waals surface area contributed by atoms with Crippen molar-refractivity contribution in [1.82, 2.24) is 19.9 Å². The summed E-state index contributed by atoms with van der Waals surface area (Å²) in [5, 5.41) is 12.3. The summed E-state index contributed by atoms with van der Waals surface area (Å²) in [7, 11) is 0. The quantitative estimate of drug-likeness (QED) is 0.435. The Hall–Kier alpha value is -2.77. The molecule has 0 amide bonds. The third-order valence-corrected chi connectivity index (χ3v) is 4.80. The molecule has 0 aliphatic heterocycles. The second-order valence-electron chi connectivity index (χ2n) is 7.17. The molecule has 4 N–H and O–H groups in total. The first-order chi connectivity index (χ1) is 14.0. The summed E-state index contributed by atoms with van der Waals surface area (Å²) in [5.74, 6) is 1.02. The second kappa shape index (κ2) is 11.9. The van der Waals surface area contributed by atoms with Gasteiger partial charge in [0, 0.05) is 37.1 Å². The van der Waals surface area contributed by atoms with Gasteiger partial charge in [0.2, 0.25) is 5.95 Å². The Morgan fingerprint density at radius 2 is 1.86 bits per heavy atom. The molecule has 0 fully saturated rings. The van der Waals surface area contributed by atoms with Gasteiger partial charge in [-0.1, -0.05) is 26.2 Å². The molecule has 2 aromatic heterocycles. The first kappa shape index (κ1) is 22.5. The van der Waals surface area contributed by atoms with Crippen LogP contribution in [0.25, 0.3) is 0 Å². The van der Waals surface area contributed by atoms with Crippen molar-refractivity contribution in [2.75, 3.05) is 17.6 Å². The van der Waals surface area contributed by atoms with Crippen LogP contribution in [0.5, 0.6) is 0 Å². The van der Waals surface area contributed by atoms with Gasteiger partial charge in [-0.05, 0) is 37.7 Å². The Labute approximate surface area is 172 Å². The average molecular weight is 401 g/mol. The highest BCUT2D eigenvalue weighted by atomic mass is 16.4. The van der Waals surface area contributed by atoms with Crippen molar-refractivity contribution in [3.8, 4) is 0 Å². The molecule has 8 nitrogen and oxygen atoms in total. The fraction of sp³-hybridized carbons (Fsp3) is 0.571. The molecule has 29 heavy (non-hydrogen) atoms. The number of unbranched alkanes of at least 4 members (excludes halogenated alkanes) is 3. The molecule has 2 rings (SSSR count). The van der Waals surface area contributed by atoms with Crippen LogP contribution in [0.3, 0.4) is 0 Å². The lowest BCUT2D eigenvalue weighted by atomic mass is 9.92. The fourth-order valence-electron chi connectivity index (χ4n) is 3.29. The van der Waals surface area contributed by atoms with Crippen LogP contribution in [0, 0.1) is 0 Å². The summed E-state index contributed by atoms with van der Waals surface area (Å²) in [4.78, 5) is 28.5. The van der Waals surface area contributed by atoms with Crippen molar-refractivity contribution in [2.45, 2.75) is 71.1 Å². The van der Waals surface area contributed by atoms with Crippen LogP contribution in [-0.4, -0.2) is 37.6 Å². The fourth-order valence-corrected chi connectivity index (χ4v) is 3.29. The van der Waals surface area contributed by atoms with Gasteiger partial charge in [-0.3, -0.25) is 4.79 Å². The lowest BCUT2D eigenvalue weighted by molar-refractivity contribution is -0.137. The van der Waals surface area contributed by atoms with Crippen LogP contribution >= 0.6 is 0 Å². The Balaban J connectivity index is 1.77. The summed E-state index contributed by atoms with van der Waals surface area (Å²) in [6.45, 7) is 4.75. The molecule has 0 aliphatic rings. The van der Waals surface area contributed by atoms with E-state index in [2.05, 4.69) is 25.3 Å². The predicted octanol–water partition coefficient (Wildman–Crippen LogP) is 3.59. The standard InChI is InChI=1S/C21H32N6O2/c1-3-19-24-13-16(14-25-19)15(11-20(28)29)9-7-5-6-8-10-17-12-18(22)27-21(26-17)23-4-2/h12-15H,3-11H2,1-2H3,(H,28,29)(H3,22,23,26,27)/t15-/m0/s1. The Morgan fingerprint density at radius 1 is 1.14 bits per heavy atom. The van der Waals surface area contributed by atoms with Crippen LogP contribution in [-0.2, 0) is 17.6 Å². The van der Waals surface area contributed by atoms with E-state index in [1.165, 1.54) is 0 Å². The highest BCUT2D eigenvalue weighted by molar-refractivity contribution is 5.68. The van der Waals surface area contributed by atoms with E-state index in [-0.39, 0.29) is 12.3 Å². The molecule has 0 aliphatic carbocycles. The molecule has 1 atom stereocenters. The second-order valence-corrected chi connectivity index (χ2v) is 7.17. The smallest absolute Gasteiger partial charge is 0.303 e. The molecule has 2 aromatic rings. The number of anilines is 2. The number of nitrogens with two attached hydrogens (primary N) is 1. The highest BCUT2D eigenvalue weighted by Crippen LogP contribution is 2.25. The Bertz CT molecular complexity index is 766. The van der Waals surface area contributed by atoms with Gasteiger partial charge >= 0.3 is 5.97 Å². The molecule has 8 heteroatoms. The van der Waals surface area contributed by atoms with Gasteiger partial charge < -0.3 is 16.2 Å². The summed E-state index contributed by atoms with van der Waals surface area (Å²) >= 11 is 0. The van der Waals surface area contributed by atoms with E-state index in [1.807, 2.05) is 19.9 Å². The number of carboxylic acids is 1. The number of rotatable bonds is 13. The third-order valence-electron chi connectivity index (χ3n) is 4.80. The monoisotopic (exact) mass is 400 g/mol. The Morgan fingerprint density at radius 3 is 2.52 bits per heavy atom. The van der Waals surface area contributed by atoms with Crippen LogP contribution in [0.4, 0.5) is 11.8 Å². The first-order valence-electron chi connectivity index (χ1n) is 10.4. The first-order valence-corrected chi connectivity index (χ1v) is 10.4. The lowest BCUT2D eigenvalue weighted by Crippen LogP contribution is -2.08. The van der Waals surface area contributed by atoms with E-state index in [4.69, 9.17) is 5.73 Å². The number of hydrogen-bond donors (Lipinski definition) is 3. The number of aromatic nitrogens is 4. The zero-order chi connectivity index (χ0) is 21.1. The number of carbonyl (C=O) groups is 1. The molecule has 0 spiro atoms. The molecule has 0 radical (unpaired) electrons. The van der Waals surface area contributed by atoms with Gasteiger partial charge in [0.15, 0.2) is 0 Å². The average Bonchev–Trinajstić information content (AvgIpc) is 2.69. The Kier molecular flexibility index (Phi) is 9.27. The van der Waals surface area contributed by atoms with Crippen molar-refractivity contribution in [3.63, 3.8) is 0 Å². The number of aryl methyl sites for hydroxylation is 2. The topological polar surface area (TPSA) is 127 Å². The SMILES string of the molecule is CCNc1nc(N)cc(CCCCCC[C@@H](CC(=O)O)c2cnc(CC)nc2)n1. The van der Waals surface area contributed by atoms with Crippen LogP contribution in [0.1, 0.15) is 75.4 Å². The normalized spacial score (nSPS) is 11.9. The molecule has 0 bridgehead atoms. The summed E-state index contributed by atoms with van der Waals surface area (Å²) in [5.41, 5.74) is 7.70. The van der Waals surface area contributed by atoms with Crippen LogP contribution in [0.15, 0.2) is 18.5 Å². The molecule has 0 unspecified atom stereocenters. The van der Waals surface area contributed by atoms with Crippen molar-refractivity contribution in [2.24, 2.45) is 0 Å². The molecular weight excluding hydrogens is 368 g/mol. The van der Waals surface area contributed by atoms with Gasteiger partial charge in [-0.2, -0.15) is 4.98 Å². The van der Waals surface area contributed by atoms with Crippen molar-refractivity contribution < 1.29 is 9.90 Å². The van der Waals surface area contributed by atoms with Crippen molar-refractivity contribution in [1.29, 1.82) is 0 Å². The third kappa shape index (κ3) is 8.01. The molecule has 0 saturated heterocycles. The van der Waals surface area contributed by atoms with E-state index >= 15 is 0 Å². The van der Waals surface area contributed by atoms with Crippen LogP contribution < -0.4 is 11.1 Å². The molecular formula is C21H32N6O2. The minimum atomic E-state index is -0.785. The predicted molar refractivity (Wildman–Crippen MR) is 114 cm³/mol. The van der Waals surface area contributed by atoms with Gasteiger partial charge in [0.25, 0.3) is 0 Å². The van der Waals surface area contributed by atoms with E-state index < -0.39 is 5.97 Å². The summed E-state index contributed by atoms with van der Waals surface area (Å²) in [6, 6.07) is 1.82. The maximum Gasteiger partial charge on any atom is 0.303 e. The minimum Gasteiger partial charge on any atom is -0.481 e. The minimum absolute atomic E-state index is 0.0391. The van der Waals surface area contributed by atoms with E-state index in [9.17, 15) is 9.90 Å². The number of nitrogen functional groups attached to an aromatic ring is 1. The summed E-state index contributed by atoms with van der Waals surface area (Å²) in [6.07, 6.45) is 10.2. The van der Waals surface area contributed by atoms with E-state index in [0.29, 0.717) is 11.8 Å². The van der Waals surface area contributed by atoms with Crippen molar-refractivity contribution >= 4 is 17.7 Å².